The van der Waals surface area contributed by atoms with Crippen LogP contribution in [0.1, 0.15) is 28.4 Å². The largest absolute Gasteiger partial charge is 0.497 e. The highest BCUT2D eigenvalue weighted by Crippen LogP contribution is 2.27. The van der Waals surface area contributed by atoms with Gasteiger partial charge in [0.05, 0.1) is 24.2 Å². The Balaban J connectivity index is 2.37. The summed E-state index contributed by atoms with van der Waals surface area (Å²) in [6.45, 7) is 5.37. The van der Waals surface area contributed by atoms with Gasteiger partial charge in [-0.05, 0) is 62.2 Å². The lowest BCUT2D eigenvalue weighted by Crippen LogP contribution is -2.16. The molecule has 7 heteroatoms. The third-order valence-electron chi connectivity index (χ3n) is 3.56. The molecule has 0 aromatic heterocycles. The van der Waals surface area contributed by atoms with Gasteiger partial charge in [0.2, 0.25) is 0 Å². The molecule has 0 atom stereocenters. The van der Waals surface area contributed by atoms with E-state index in [2.05, 4.69) is 4.72 Å². The lowest BCUT2D eigenvalue weighted by Gasteiger charge is -2.14. The number of rotatable bonds is 6. The van der Waals surface area contributed by atoms with E-state index in [1.165, 1.54) is 13.2 Å². The second-order valence-corrected chi connectivity index (χ2v) is 7.12. The zero-order valence-electron chi connectivity index (χ0n) is 14.6. The maximum Gasteiger partial charge on any atom is 0.338 e. The second-order valence-electron chi connectivity index (χ2n) is 5.50. The molecular weight excluding hydrogens is 342 g/mol. The van der Waals surface area contributed by atoms with Crippen LogP contribution in [0, 0.1) is 13.8 Å². The molecule has 25 heavy (non-hydrogen) atoms. The molecule has 0 unspecified atom stereocenters. The number of nitrogens with one attached hydrogen (secondary N) is 1. The van der Waals surface area contributed by atoms with Crippen LogP contribution < -0.4 is 9.46 Å². The summed E-state index contributed by atoms with van der Waals surface area (Å²) in [7, 11) is -2.28. The van der Waals surface area contributed by atoms with E-state index in [0.29, 0.717) is 22.6 Å². The zero-order chi connectivity index (χ0) is 18.6. The Morgan fingerprint density at radius 3 is 2.32 bits per heavy atom. The number of benzene rings is 2. The summed E-state index contributed by atoms with van der Waals surface area (Å²) < 4.78 is 38.2. The molecule has 6 nitrogen and oxygen atoms in total. The Morgan fingerprint density at radius 1 is 1.12 bits per heavy atom. The number of methoxy groups -OCH3 is 1. The van der Waals surface area contributed by atoms with Crippen molar-refractivity contribution >= 4 is 21.7 Å². The van der Waals surface area contributed by atoms with Gasteiger partial charge in [0, 0.05) is 5.69 Å². The molecule has 0 amide bonds. The first-order valence-corrected chi connectivity index (χ1v) is 9.22. The first-order valence-electron chi connectivity index (χ1n) is 7.73. The summed E-state index contributed by atoms with van der Waals surface area (Å²) >= 11 is 0. The van der Waals surface area contributed by atoms with Gasteiger partial charge >= 0.3 is 5.97 Å². The van der Waals surface area contributed by atoms with Crippen LogP contribution in [0.4, 0.5) is 5.69 Å². The highest BCUT2D eigenvalue weighted by atomic mass is 32.2. The Bertz CT molecular complexity index is 867. The molecule has 0 fully saturated rings. The van der Waals surface area contributed by atoms with Crippen LogP contribution in [-0.2, 0) is 14.8 Å². The van der Waals surface area contributed by atoms with E-state index in [1.54, 1.807) is 51.1 Å². The number of esters is 1. The Hall–Kier alpha value is -2.54. The minimum absolute atomic E-state index is 0.190. The van der Waals surface area contributed by atoms with Crippen molar-refractivity contribution in [3.63, 3.8) is 0 Å². The fraction of sp³-hybridized carbons (Fsp3) is 0.278. The molecule has 1 N–H and O–H groups in total. The van der Waals surface area contributed by atoms with Crippen molar-refractivity contribution in [3.05, 3.63) is 53.1 Å². The van der Waals surface area contributed by atoms with Crippen molar-refractivity contribution in [2.75, 3.05) is 18.4 Å². The number of anilines is 1. The predicted molar refractivity (Wildman–Crippen MR) is 95.7 cm³/mol. The van der Waals surface area contributed by atoms with Gasteiger partial charge in [-0.2, -0.15) is 0 Å². The number of ether oxygens (including phenoxy) is 2. The maximum absolute atomic E-state index is 12.8. The molecule has 0 aliphatic carbocycles. The van der Waals surface area contributed by atoms with Crippen LogP contribution in [0.5, 0.6) is 5.75 Å². The van der Waals surface area contributed by atoms with Gasteiger partial charge in [-0.15, -0.1) is 0 Å². The van der Waals surface area contributed by atoms with E-state index in [-0.39, 0.29) is 17.1 Å². The summed E-state index contributed by atoms with van der Waals surface area (Å²) in [6.07, 6.45) is 0. The second kappa shape index (κ2) is 7.57. The number of hydrogen-bond acceptors (Lipinski definition) is 5. The summed E-state index contributed by atoms with van der Waals surface area (Å²) in [6, 6.07) is 9.52. The van der Waals surface area contributed by atoms with Gasteiger partial charge in [0.15, 0.2) is 0 Å². The monoisotopic (exact) mass is 363 g/mol. The molecular formula is C18H21NO5S. The third-order valence-corrected chi connectivity index (χ3v) is 5.25. The third kappa shape index (κ3) is 4.30. The molecule has 134 valence electrons. The quantitative estimate of drug-likeness (QED) is 0.797. The molecule has 0 radical (unpaired) electrons. The summed E-state index contributed by atoms with van der Waals surface area (Å²) in [4.78, 5) is 12.0. The van der Waals surface area contributed by atoms with Crippen molar-refractivity contribution in [3.8, 4) is 5.75 Å². The molecule has 2 aromatic rings. The smallest absolute Gasteiger partial charge is 0.338 e. The van der Waals surface area contributed by atoms with Crippen molar-refractivity contribution in [2.45, 2.75) is 25.7 Å². The average Bonchev–Trinajstić information content (AvgIpc) is 2.53. The van der Waals surface area contributed by atoms with Crippen LogP contribution in [0.25, 0.3) is 0 Å². The molecule has 2 rings (SSSR count). The Labute approximate surface area is 147 Å². The summed E-state index contributed by atoms with van der Waals surface area (Å²) in [5.74, 6) is 0.0959. The van der Waals surface area contributed by atoms with Gasteiger partial charge < -0.3 is 9.47 Å². The highest BCUT2D eigenvalue weighted by Gasteiger charge is 2.21. The number of aryl methyl sites for hydroxylation is 2. The standard InChI is InChI=1S/C18H21NO5S/c1-5-24-18(20)14-7-6-8-15(11-14)19-25(21,22)17-12(2)9-16(23-4)10-13(17)3/h6-11,19H,5H2,1-4H3. The van der Waals surface area contributed by atoms with E-state index >= 15 is 0 Å². The van der Waals surface area contributed by atoms with Crippen molar-refractivity contribution in [1.82, 2.24) is 0 Å². The molecule has 0 saturated carbocycles. The first-order chi connectivity index (χ1) is 11.8. The molecule has 0 saturated heterocycles. The van der Waals surface area contributed by atoms with E-state index in [9.17, 15) is 13.2 Å². The molecule has 0 bridgehead atoms. The van der Waals surface area contributed by atoms with Crippen molar-refractivity contribution in [1.29, 1.82) is 0 Å². The van der Waals surface area contributed by atoms with Crippen molar-refractivity contribution < 1.29 is 22.7 Å². The Kier molecular flexibility index (Phi) is 5.69. The Morgan fingerprint density at radius 2 is 1.76 bits per heavy atom. The average molecular weight is 363 g/mol. The fourth-order valence-corrected chi connectivity index (χ4v) is 4.09. The molecule has 0 aliphatic heterocycles. The summed E-state index contributed by atoms with van der Waals surface area (Å²) in [5, 5.41) is 0. The topological polar surface area (TPSA) is 81.7 Å². The maximum atomic E-state index is 12.8. The zero-order valence-corrected chi connectivity index (χ0v) is 15.4. The van der Waals surface area contributed by atoms with E-state index in [1.807, 2.05) is 0 Å². The molecule has 0 aliphatic rings. The minimum atomic E-state index is -3.81. The van der Waals surface area contributed by atoms with E-state index in [0.717, 1.165) is 0 Å². The van der Waals surface area contributed by atoms with Crippen LogP contribution in [0.3, 0.4) is 0 Å². The van der Waals surface area contributed by atoms with E-state index in [4.69, 9.17) is 9.47 Å². The molecule has 0 heterocycles. The van der Waals surface area contributed by atoms with E-state index < -0.39 is 16.0 Å². The number of sulfonamides is 1. The lowest BCUT2D eigenvalue weighted by molar-refractivity contribution is 0.0526. The molecule has 0 spiro atoms. The first kappa shape index (κ1) is 18.8. The minimum Gasteiger partial charge on any atom is -0.497 e. The normalized spacial score (nSPS) is 11.0. The van der Waals surface area contributed by atoms with Gasteiger partial charge in [0.25, 0.3) is 10.0 Å². The highest BCUT2D eigenvalue weighted by molar-refractivity contribution is 7.92. The number of hydrogen-bond donors (Lipinski definition) is 1. The van der Waals surface area contributed by atoms with Gasteiger partial charge in [0.1, 0.15) is 5.75 Å². The SMILES string of the molecule is CCOC(=O)c1cccc(NS(=O)(=O)c2c(C)cc(OC)cc2C)c1. The van der Waals surface area contributed by atoms with Crippen molar-refractivity contribution in [2.24, 2.45) is 0 Å². The van der Waals surface area contributed by atoms with Crippen LogP contribution in [0.2, 0.25) is 0 Å². The van der Waals surface area contributed by atoms with Crippen LogP contribution in [-0.4, -0.2) is 28.1 Å². The van der Waals surface area contributed by atoms with Crippen LogP contribution in [0.15, 0.2) is 41.3 Å². The van der Waals surface area contributed by atoms with Gasteiger partial charge in [-0.3, -0.25) is 4.72 Å². The van der Waals surface area contributed by atoms with Gasteiger partial charge in [-0.25, -0.2) is 13.2 Å². The lowest BCUT2D eigenvalue weighted by atomic mass is 10.1. The number of carbonyl (C=O) groups excluding carboxylic acids is 1. The molecule has 2 aromatic carbocycles. The fourth-order valence-electron chi connectivity index (χ4n) is 2.58. The van der Waals surface area contributed by atoms with Gasteiger partial charge in [-0.1, -0.05) is 6.07 Å². The number of carbonyl (C=O) groups is 1. The van der Waals surface area contributed by atoms with Crippen LogP contribution >= 0.6 is 0 Å². The summed E-state index contributed by atoms with van der Waals surface area (Å²) in [5.41, 5.74) is 1.72. The predicted octanol–water partition coefficient (Wildman–Crippen LogP) is 3.29.